The van der Waals surface area contributed by atoms with Gasteiger partial charge in [0.2, 0.25) is 5.91 Å². The van der Waals surface area contributed by atoms with E-state index in [0.717, 1.165) is 18.2 Å². The first kappa shape index (κ1) is 16.0. The lowest BCUT2D eigenvalue weighted by Crippen LogP contribution is -2.26. The zero-order chi connectivity index (χ0) is 14.3. The Balaban J connectivity index is 2.64. The third kappa shape index (κ3) is 5.19. The van der Waals surface area contributed by atoms with Gasteiger partial charge in [-0.2, -0.15) is 0 Å². The molecule has 0 saturated heterocycles. The Morgan fingerprint density at radius 1 is 1.47 bits per heavy atom. The average Bonchev–Trinajstić information content (AvgIpc) is 2.39. The summed E-state index contributed by atoms with van der Waals surface area (Å²) in [5.74, 6) is 0.214. The third-order valence-corrected chi connectivity index (χ3v) is 3.38. The Morgan fingerprint density at radius 2 is 2.21 bits per heavy atom. The van der Waals surface area contributed by atoms with Gasteiger partial charge in [-0.15, -0.1) is 0 Å². The van der Waals surface area contributed by atoms with Crippen molar-refractivity contribution in [2.45, 2.75) is 32.2 Å². The summed E-state index contributed by atoms with van der Waals surface area (Å²) in [6.45, 7) is 1.82. The maximum absolute atomic E-state index is 13.3. The Morgan fingerprint density at radius 3 is 2.84 bits per heavy atom. The smallest absolute Gasteiger partial charge is 0.220 e. The minimum atomic E-state index is -0.337. The van der Waals surface area contributed by atoms with Crippen molar-refractivity contribution in [1.82, 2.24) is 5.32 Å². The number of alkyl halides is 1. The molecule has 1 aromatic carbocycles. The molecule has 0 fully saturated rings. The number of benzene rings is 1. The van der Waals surface area contributed by atoms with Crippen LogP contribution in [0.15, 0.2) is 18.2 Å². The third-order valence-electron chi connectivity index (χ3n) is 2.82. The summed E-state index contributed by atoms with van der Waals surface area (Å²) in [4.78, 5) is 11.7. The van der Waals surface area contributed by atoms with Crippen molar-refractivity contribution < 1.29 is 13.9 Å². The number of ether oxygens (including phenoxy) is 1. The van der Waals surface area contributed by atoms with Crippen molar-refractivity contribution in [3.8, 4) is 5.75 Å². The molecule has 0 aliphatic rings. The van der Waals surface area contributed by atoms with Crippen molar-refractivity contribution in [2.24, 2.45) is 0 Å². The van der Waals surface area contributed by atoms with Gasteiger partial charge in [-0.05, 0) is 38.0 Å². The Hall–Kier alpha value is -1.10. The summed E-state index contributed by atoms with van der Waals surface area (Å²) in [7, 11) is 1.53. The van der Waals surface area contributed by atoms with E-state index >= 15 is 0 Å². The molecular formula is C14H19BrFNO2. The standard InChI is InChI=1S/C14H19BrFNO2/c1-10(17-14(18)5-3-4-8-15)12-9-11(16)6-7-13(12)19-2/h6-7,9-10H,3-5,8H2,1-2H3,(H,17,18). The summed E-state index contributed by atoms with van der Waals surface area (Å²) in [5.41, 5.74) is 0.649. The molecule has 1 rings (SSSR count). The fourth-order valence-corrected chi connectivity index (χ4v) is 2.21. The first-order valence-electron chi connectivity index (χ1n) is 6.27. The van der Waals surface area contributed by atoms with Crippen LogP contribution in [0.2, 0.25) is 0 Å². The quantitative estimate of drug-likeness (QED) is 0.612. The highest BCUT2D eigenvalue weighted by molar-refractivity contribution is 9.09. The number of hydrogen-bond acceptors (Lipinski definition) is 2. The summed E-state index contributed by atoms with van der Waals surface area (Å²) in [6.07, 6.45) is 2.28. The van der Waals surface area contributed by atoms with Crippen LogP contribution in [0.5, 0.6) is 5.75 Å². The van der Waals surface area contributed by atoms with E-state index in [4.69, 9.17) is 4.74 Å². The number of unbranched alkanes of at least 4 members (excludes halogenated alkanes) is 1. The fourth-order valence-electron chi connectivity index (χ4n) is 1.82. The molecule has 0 saturated carbocycles. The number of methoxy groups -OCH3 is 1. The molecule has 106 valence electrons. The number of amides is 1. The number of rotatable bonds is 7. The van der Waals surface area contributed by atoms with Crippen LogP contribution in [0.3, 0.4) is 0 Å². The number of carbonyl (C=O) groups is 1. The summed E-state index contributed by atoms with van der Waals surface area (Å²) < 4.78 is 18.4. The van der Waals surface area contributed by atoms with Gasteiger partial charge in [0.15, 0.2) is 0 Å². The van der Waals surface area contributed by atoms with E-state index in [2.05, 4.69) is 21.2 Å². The second-order valence-electron chi connectivity index (χ2n) is 4.32. The van der Waals surface area contributed by atoms with Gasteiger partial charge in [0.05, 0.1) is 13.2 Å². The van der Waals surface area contributed by atoms with Gasteiger partial charge in [0.25, 0.3) is 0 Å². The van der Waals surface area contributed by atoms with E-state index in [1.165, 1.54) is 19.2 Å². The molecule has 3 nitrogen and oxygen atoms in total. The highest BCUT2D eigenvalue weighted by atomic mass is 79.9. The van der Waals surface area contributed by atoms with Crippen molar-refractivity contribution in [2.75, 3.05) is 12.4 Å². The monoisotopic (exact) mass is 331 g/mol. The van der Waals surface area contributed by atoms with E-state index in [0.29, 0.717) is 17.7 Å². The zero-order valence-corrected chi connectivity index (χ0v) is 12.8. The fraction of sp³-hybridized carbons (Fsp3) is 0.500. The molecule has 1 N–H and O–H groups in total. The highest BCUT2D eigenvalue weighted by Crippen LogP contribution is 2.25. The molecular weight excluding hydrogens is 313 g/mol. The molecule has 19 heavy (non-hydrogen) atoms. The second kappa shape index (κ2) is 8.15. The lowest BCUT2D eigenvalue weighted by molar-refractivity contribution is -0.121. The van der Waals surface area contributed by atoms with Crippen LogP contribution in [0.4, 0.5) is 4.39 Å². The minimum absolute atomic E-state index is 0.0280. The van der Waals surface area contributed by atoms with Crippen LogP contribution in [0.1, 0.15) is 37.8 Å². The van der Waals surface area contributed by atoms with Crippen molar-refractivity contribution in [1.29, 1.82) is 0 Å². The molecule has 5 heteroatoms. The molecule has 0 bridgehead atoms. The van der Waals surface area contributed by atoms with Crippen LogP contribution < -0.4 is 10.1 Å². The highest BCUT2D eigenvalue weighted by Gasteiger charge is 2.14. The van der Waals surface area contributed by atoms with Crippen LogP contribution >= 0.6 is 15.9 Å². The van der Waals surface area contributed by atoms with Crippen molar-refractivity contribution in [3.63, 3.8) is 0 Å². The molecule has 1 unspecified atom stereocenters. The van der Waals surface area contributed by atoms with Crippen molar-refractivity contribution in [3.05, 3.63) is 29.6 Å². The summed E-state index contributed by atoms with van der Waals surface area (Å²) >= 11 is 3.32. The Labute approximate surface area is 121 Å². The molecule has 0 heterocycles. The number of halogens is 2. The number of carbonyl (C=O) groups excluding carboxylic acids is 1. The molecule has 0 radical (unpaired) electrons. The number of hydrogen-bond donors (Lipinski definition) is 1. The molecule has 1 atom stereocenters. The zero-order valence-electron chi connectivity index (χ0n) is 11.2. The van der Waals surface area contributed by atoms with Gasteiger partial charge in [-0.25, -0.2) is 4.39 Å². The predicted octanol–water partition coefficient (Wildman–Crippen LogP) is 3.58. The summed E-state index contributed by atoms with van der Waals surface area (Å²) in [5, 5.41) is 3.75. The van der Waals surface area contributed by atoms with Crippen LogP contribution in [-0.2, 0) is 4.79 Å². The van der Waals surface area contributed by atoms with Gasteiger partial charge < -0.3 is 10.1 Å². The van der Waals surface area contributed by atoms with Crippen LogP contribution in [0.25, 0.3) is 0 Å². The Kier molecular flexibility index (Phi) is 6.84. The molecule has 0 spiro atoms. The lowest BCUT2D eigenvalue weighted by Gasteiger charge is -2.17. The van der Waals surface area contributed by atoms with Crippen molar-refractivity contribution >= 4 is 21.8 Å². The maximum atomic E-state index is 13.3. The topological polar surface area (TPSA) is 38.3 Å². The minimum Gasteiger partial charge on any atom is -0.496 e. The number of nitrogens with one attached hydrogen (secondary N) is 1. The maximum Gasteiger partial charge on any atom is 0.220 e. The van der Waals surface area contributed by atoms with E-state index < -0.39 is 0 Å². The van der Waals surface area contributed by atoms with Gasteiger partial charge in [-0.1, -0.05) is 15.9 Å². The van der Waals surface area contributed by atoms with E-state index in [1.54, 1.807) is 6.07 Å². The first-order valence-corrected chi connectivity index (χ1v) is 7.39. The first-order chi connectivity index (χ1) is 9.08. The molecule has 1 aromatic rings. The Bertz CT molecular complexity index is 426. The SMILES string of the molecule is COc1ccc(F)cc1C(C)NC(=O)CCCCBr. The lowest BCUT2D eigenvalue weighted by atomic mass is 10.1. The van der Waals surface area contributed by atoms with E-state index in [1.807, 2.05) is 6.92 Å². The van der Waals surface area contributed by atoms with Crippen LogP contribution in [0, 0.1) is 5.82 Å². The van der Waals surface area contributed by atoms with Gasteiger partial charge in [0.1, 0.15) is 11.6 Å². The van der Waals surface area contributed by atoms with Crippen LogP contribution in [-0.4, -0.2) is 18.3 Å². The normalized spacial score (nSPS) is 12.0. The molecule has 0 aliphatic carbocycles. The van der Waals surface area contributed by atoms with Gasteiger partial charge in [0, 0.05) is 17.3 Å². The molecule has 0 aliphatic heterocycles. The summed E-state index contributed by atoms with van der Waals surface area (Å²) in [6, 6.07) is 4.02. The average molecular weight is 332 g/mol. The molecule has 0 aromatic heterocycles. The van der Waals surface area contributed by atoms with Gasteiger partial charge >= 0.3 is 0 Å². The second-order valence-corrected chi connectivity index (χ2v) is 5.11. The molecule has 1 amide bonds. The van der Waals surface area contributed by atoms with Gasteiger partial charge in [-0.3, -0.25) is 4.79 Å². The van der Waals surface area contributed by atoms with E-state index in [-0.39, 0.29) is 17.8 Å². The predicted molar refractivity (Wildman–Crippen MR) is 77.2 cm³/mol. The van der Waals surface area contributed by atoms with E-state index in [9.17, 15) is 9.18 Å². The largest absolute Gasteiger partial charge is 0.496 e.